The molecule has 0 aliphatic heterocycles. The fourth-order valence-corrected chi connectivity index (χ4v) is 0.163. The molecule has 0 fully saturated rings. The van der Waals surface area contributed by atoms with E-state index in [-0.39, 0.29) is 0 Å². The van der Waals surface area contributed by atoms with Crippen LogP contribution in [-0.2, 0) is 14.9 Å². The van der Waals surface area contributed by atoms with Crippen LogP contribution in [0.15, 0.2) is 24.8 Å². The molecule has 0 heterocycles. The van der Waals surface area contributed by atoms with Gasteiger partial charge in [0, 0.05) is 6.08 Å². The summed E-state index contributed by atoms with van der Waals surface area (Å²) in [5.41, 5.74) is 4.70. The molecule has 0 saturated carbocycles. The molecule has 70 valence electrons. The molecule has 0 atom stereocenters. The smallest absolute Gasteiger partial charge is 0.261 e. The number of carbonyl (C=O) groups excluding carboxylic acids is 1. The Morgan fingerprint density at radius 1 is 1.58 bits per heavy atom. The zero-order chi connectivity index (χ0) is 10.2. The highest BCUT2D eigenvalue weighted by Crippen LogP contribution is 1.67. The maximum atomic E-state index is 9.85. The van der Waals surface area contributed by atoms with Gasteiger partial charge in [-0.2, -0.15) is 8.42 Å². The van der Waals surface area contributed by atoms with Crippen molar-refractivity contribution in [2.45, 2.75) is 0 Å². The summed E-state index contributed by atoms with van der Waals surface area (Å²) in [6, 6.07) is 0. The first-order valence-corrected chi connectivity index (χ1v) is 4.63. The molecule has 0 aromatic rings. The number of allylic oxidation sites excluding steroid dienone is 2. The molecule has 6 heteroatoms. The normalized spacial score (nSPS) is 10.2. The molecule has 0 aromatic heterocycles. The minimum Gasteiger partial charge on any atom is -0.366 e. The van der Waals surface area contributed by atoms with Crippen LogP contribution in [0.3, 0.4) is 0 Å². The molecule has 0 aliphatic carbocycles. The second-order valence-electron chi connectivity index (χ2n) is 1.73. The third-order valence-electron chi connectivity index (χ3n) is 0.397. The van der Waals surface area contributed by atoms with Crippen molar-refractivity contribution in [1.82, 2.24) is 0 Å². The first-order valence-electron chi connectivity index (χ1n) is 2.78. The van der Waals surface area contributed by atoms with Gasteiger partial charge in [0.2, 0.25) is 5.91 Å². The van der Waals surface area contributed by atoms with E-state index in [0.717, 1.165) is 0 Å². The number of rotatable bonds is 2. The molecule has 0 saturated heterocycles. The van der Waals surface area contributed by atoms with Crippen LogP contribution >= 0.6 is 0 Å². The number of primary amides is 1. The van der Waals surface area contributed by atoms with Crippen LogP contribution in [0.5, 0.6) is 0 Å². The lowest BCUT2D eigenvalue weighted by atomic mass is 10.5. The van der Waals surface area contributed by atoms with E-state index in [0.29, 0.717) is 6.26 Å². The van der Waals surface area contributed by atoms with Crippen LogP contribution in [0.25, 0.3) is 0 Å². The molecule has 5 nitrogen and oxygen atoms in total. The summed E-state index contributed by atoms with van der Waals surface area (Å²) in [6.45, 7) is 3.34. The predicted octanol–water partition coefficient (Wildman–Crippen LogP) is -0.282. The highest BCUT2D eigenvalue weighted by molar-refractivity contribution is 7.85. The van der Waals surface area contributed by atoms with Gasteiger partial charge in [-0.3, -0.25) is 9.35 Å². The summed E-state index contributed by atoms with van der Waals surface area (Å²) in [4.78, 5) is 9.85. The van der Waals surface area contributed by atoms with Gasteiger partial charge < -0.3 is 5.73 Å². The first kappa shape index (κ1) is 13.4. The Bertz CT molecular complexity index is 257. The van der Waals surface area contributed by atoms with Crippen molar-refractivity contribution in [2.24, 2.45) is 5.73 Å². The molecule has 12 heavy (non-hydrogen) atoms. The van der Waals surface area contributed by atoms with Crippen LogP contribution < -0.4 is 5.73 Å². The Labute approximate surface area is 71.3 Å². The molecule has 0 radical (unpaired) electrons. The Balaban J connectivity index is 0. The van der Waals surface area contributed by atoms with Gasteiger partial charge in [-0.15, -0.1) is 0 Å². The molecular weight excluding hydrogens is 182 g/mol. The van der Waals surface area contributed by atoms with Crippen molar-refractivity contribution in [1.29, 1.82) is 0 Å². The average molecular weight is 193 g/mol. The average Bonchev–Trinajstić information content (AvgIpc) is 1.79. The number of hydrogen-bond acceptors (Lipinski definition) is 3. The fourth-order valence-electron chi connectivity index (χ4n) is 0.163. The fraction of sp³-hybridized carbons (Fsp3) is 0.167. The Morgan fingerprint density at radius 3 is 2.00 bits per heavy atom. The number of nitrogens with two attached hydrogens (primary N) is 1. The lowest BCUT2D eigenvalue weighted by molar-refractivity contribution is -0.113. The Morgan fingerprint density at radius 2 is 1.92 bits per heavy atom. The minimum atomic E-state index is -3.67. The van der Waals surface area contributed by atoms with Crippen molar-refractivity contribution in [3.8, 4) is 0 Å². The van der Waals surface area contributed by atoms with Gasteiger partial charge in [0.05, 0.1) is 6.26 Å². The van der Waals surface area contributed by atoms with Crippen LogP contribution in [-0.4, -0.2) is 25.1 Å². The molecule has 0 rings (SSSR count). The molecule has 0 spiro atoms. The first-order chi connectivity index (χ1) is 5.27. The Kier molecular flexibility index (Phi) is 7.36. The van der Waals surface area contributed by atoms with E-state index in [9.17, 15) is 13.2 Å². The summed E-state index contributed by atoms with van der Waals surface area (Å²) < 4.78 is 25.9. The predicted molar refractivity (Wildman–Crippen MR) is 46.0 cm³/mol. The standard InChI is InChI=1S/C5H7NO.CH4O3S/c1-2-3-4-5(6)7;1-5(2,3)4/h2-4H,1H2,(H2,6,7);1H3,(H,2,3,4)/b4-3-;. The van der Waals surface area contributed by atoms with Crippen LogP contribution in [0.4, 0.5) is 0 Å². The third-order valence-corrected chi connectivity index (χ3v) is 0.397. The van der Waals surface area contributed by atoms with Crippen LogP contribution in [0, 0.1) is 0 Å². The highest BCUT2D eigenvalue weighted by Gasteiger charge is 1.81. The van der Waals surface area contributed by atoms with E-state index in [1.54, 1.807) is 0 Å². The van der Waals surface area contributed by atoms with Crippen LogP contribution in [0.2, 0.25) is 0 Å². The topological polar surface area (TPSA) is 97.5 Å². The second kappa shape index (κ2) is 6.56. The van der Waals surface area contributed by atoms with Gasteiger partial charge in [-0.1, -0.05) is 18.7 Å². The van der Waals surface area contributed by atoms with E-state index in [4.69, 9.17) is 10.3 Å². The van der Waals surface area contributed by atoms with Gasteiger partial charge >= 0.3 is 0 Å². The number of carbonyl (C=O) groups is 1. The molecule has 0 bridgehead atoms. The van der Waals surface area contributed by atoms with Crippen molar-refractivity contribution >= 4 is 16.0 Å². The maximum Gasteiger partial charge on any atom is 0.261 e. The second-order valence-corrected chi connectivity index (χ2v) is 3.20. The quantitative estimate of drug-likeness (QED) is 0.358. The molecule has 1 amide bonds. The van der Waals surface area contributed by atoms with E-state index in [1.165, 1.54) is 18.2 Å². The van der Waals surface area contributed by atoms with Gasteiger partial charge in [-0.05, 0) is 0 Å². The van der Waals surface area contributed by atoms with Crippen molar-refractivity contribution in [3.05, 3.63) is 24.8 Å². The van der Waals surface area contributed by atoms with E-state index >= 15 is 0 Å². The highest BCUT2D eigenvalue weighted by atomic mass is 32.2. The van der Waals surface area contributed by atoms with Crippen LogP contribution in [0.1, 0.15) is 0 Å². The van der Waals surface area contributed by atoms with Gasteiger partial charge in [0.15, 0.2) is 0 Å². The van der Waals surface area contributed by atoms with E-state index in [1.807, 2.05) is 0 Å². The van der Waals surface area contributed by atoms with Gasteiger partial charge in [-0.25, -0.2) is 0 Å². The zero-order valence-corrected chi connectivity index (χ0v) is 7.41. The monoisotopic (exact) mass is 193 g/mol. The van der Waals surface area contributed by atoms with Gasteiger partial charge in [0.1, 0.15) is 0 Å². The maximum absolute atomic E-state index is 9.85. The van der Waals surface area contributed by atoms with Crippen molar-refractivity contribution in [2.75, 3.05) is 6.26 Å². The summed E-state index contributed by atoms with van der Waals surface area (Å²) in [7, 11) is -3.67. The zero-order valence-electron chi connectivity index (χ0n) is 6.60. The molecule has 3 N–H and O–H groups in total. The molecule has 0 aromatic carbocycles. The van der Waals surface area contributed by atoms with E-state index < -0.39 is 16.0 Å². The largest absolute Gasteiger partial charge is 0.366 e. The van der Waals surface area contributed by atoms with E-state index in [2.05, 4.69) is 6.58 Å². The lowest BCUT2D eigenvalue weighted by Gasteiger charge is -1.71. The third kappa shape index (κ3) is 66.9. The summed E-state index contributed by atoms with van der Waals surface area (Å²) in [5.74, 6) is -0.445. The summed E-state index contributed by atoms with van der Waals surface area (Å²) in [5, 5.41) is 0. The van der Waals surface area contributed by atoms with Crippen molar-refractivity contribution in [3.63, 3.8) is 0 Å². The van der Waals surface area contributed by atoms with Gasteiger partial charge in [0.25, 0.3) is 10.1 Å². The number of amides is 1. The molecule has 0 unspecified atom stereocenters. The minimum absolute atomic E-state index is 0.445. The number of hydrogen-bond donors (Lipinski definition) is 2. The van der Waals surface area contributed by atoms with Crippen molar-refractivity contribution < 1.29 is 17.8 Å². The summed E-state index contributed by atoms with van der Waals surface area (Å²) in [6.07, 6.45) is 4.94. The molecule has 0 aliphatic rings. The SMILES string of the molecule is C=C/C=C\C(N)=O.CS(=O)(=O)O. The lowest BCUT2D eigenvalue weighted by Crippen LogP contribution is -2.04. The Hall–Kier alpha value is -1.14. The summed E-state index contributed by atoms with van der Waals surface area (Å²) >= 11 is 0. The molecular formula is C6H11NO4S.